The highest BCUT2D eigenvalue weighted by molar-refractivity contribution is 7.92. The van der Waals surface area contributed by atoms with Gasteiger partial charge in [-0.3, -0.25) is 13.9 Å². The largest absolute Gasteiger partial charge is 0.497 e. The lowest BCUT2D eigenvalue weighted by Crippen LogP contribution is -2.53. The van der Waals surface area contributed by atoms with Crippen LogP contribution in [0.25, 0.3) is 0 Å². The Hall–Kier alpha value is -3.76. The summed E-state index contributed by atoms with van der Waals surface area (Å²) in [5.74, 6) is 0.0311. The molecule has 9 nitrogen and oxygen atoms in total. The van der Waals surface area contributed by atoms with Gasteiger partial charge in [0.05, 0.1) is 24.3 Å². The quantitative estimate of drug-likeness (QED) is 0.232. The topological polar surface area (TPSA) is 105 Å². The predicted molar refractivity (Wildman–Crippen MR) is 169 cm³/mol. The van der Waals surface area contributed by atoms with Crippen LogP contribution < -0.4 is 19.1 Å². The second-order valence-corrected chi connectivity index (χ2v) is 12.3. The molecule has 2 atom stereocenters. The fraction of sp³-hybridized carbons (Fsp3) is 0.375. The van der Waals surface area contributed by atoms with Gasteiger partial charge in [0.25, 0.3) is 10.0 Å². The first-order valence-electron chi connectivity index (χ1n) is 14.3. The maximum atomic E-state index is 14.3. The lowest BCUT2D eigenvalue weighted by atomic mass is 10.1. The van der Waals surface area contributed by atoms with E-state index in [2.05, 4.69) is 5.32 Å². The molecule has 0 aromatic heterocycles. The number of sulfonamides is 1. The summed E-state index contributed by atoms with van der Waals surface area (Å²) < 4.78 is 40.4. The van der Waals surface area contributed by atoms with E-state index in [9.17, 15) is 18.0 Å². The third-order valence-electron chi connectivity index (χ3n) is 6.99. The van der Waals surface area contributed by atoms with Gasteiger partial charge < -0.3 is 19.7 Å². The Bertz CT molecular complexity index is 1480. The molecule has 0 aliphatic rings. The average molecular weight is 630 g/mol. The van der Waals surface area contributed by atoms with Gasteiger partial charge >= 0.3 is 0 Å². The molecule has 3 aromatic carbocycles. The van der Waals surface area contributed by atoms with Gasteiger partial charge in [-0.05, 0) is 80.8 Å². The van der Waals surface area contributed by atoms with E-state index in [0.29, 0.717) is 29.4 Å². The van der Waals surface area contributed by atoms with E-state index in [1.165, 1.54) is 29.2 Å². The average Bonchev–Trinajstić information content (AvgIpc) is 3.00. The van der Waals surface area contributed by atoms with Crippen LogP contribution in [-0.2, 0) is 26.2 Å². The monoisotopic (exact) mass is 629 g/mol. The van der Waals surface area contributed by atoms with Gasteiger partial charge in [0.1, 0.15) is 24.1 Å². The summed E-state index contributed by atoms with van der Waals surface area (Å²) in [6, 6.07) is 18.6. The van der Waals surface area contributed by atoms with Crippen molar-refractivity contribution in [1.29, 1.82) is 0 Å². The molecule has 0 heterocycles. The third kappa shape index (κ3) is 8.64. The number of nitrogens with zero attached hydrogens (tertiary/aromatic N) is 2. The maximum Gasteiger partial charge on any atom is 0.264 e. The smallest absolute Gasteiger partial charge is 0.264 e. The first-order chi connectivity index (χ1) is 20.5. The van der Waals surface area contributed by atoms with E-state index in [1.54, 1.807) is 56.5 Å². The molecule has 0 unspecified atom stereocenters. The van der Waals surface area contributed by atoms with Crippen LogP contribution in [0.1, 0.15) is 46.1 Å². The predicted octanol–water partition coefficient (Wildman–Crippen LogP) is 5.66. The summed E-state index contributed by atoms with van der Waals surface area (Å²) in [5, 5.41) is 3.35. The third-order valence-corrected chi connectivity index (χ3v) is 9.01. The number of anilines is 1. The minimum atomic E-state index is -4.27. The van der Waals surface area contributed by atoms with Crippen LogP contribution in [0.5, 0.6) is 11.5 Å². The van der Waals surface area contributed by atoms with E-state index in [4.69, 9.17) is 21.1 Å². The van der Waals surface area contributed by atoms with Crippen LogP contribution in [-0.4, -0.2) is 57.5 Å². The Morgan fingerprint density at radius 2 is 1.65 bits per heavy atom. The van der Waals surface area contributed by atoms with Crippen molar-refractivity contribution in [2.75, 3.05) is 24.6 Å². The van der Waals surface area contributed by atoms with Crippen LogP contribution in [0.15, 0.2) is 77.7 Å². The number of ether oxygens (including phenoxy) is 2. The Balaban J connectivity index is 2.12. The van der Waals surface area contributed by atoms with Crippen molar-refractivity contribution in [1.82, 2.24) is 10.2 Å². The number of rotatable bonds is 15. The second kappa shape index (κ2) is 15.6. The fourth-order valence-electron chi connectivity index (χ4n) is 4.52. The van der Waals surface area contributed by atoms with E-state index in [0.717, 1.165) is 9.87 Å². The number of amides is 2. The van der Waals surface area contributed by atoms with Crippen molar-refractivity contribution in [2.45, 2.75) is 64.1 Å². The molecule has 0 bridgehead atoms. The van der Waals surface area contributed by atoms with Crippen LogP contribution in [0, 0.1) is 0 Å². The molecular formula is C32H40ClN3O6S. The van der Waals surface area contributed by atoms with Crippen molar-refractivity contribution in [3.63, 3.8) is 0 Å². The molecule has 43 heavy (non-hydrogen) atoms. The number of carbonyl (C=O) groups is 2. The normalized spacial score (nSPS) is 12.6. The van der Waals surface area contributed by atoms with Crippen molar-refractivity contribution in [3.05, 3.63) is 83.4 Å². The lowest BCUT2D eigenvalue weighted by molar-refractivity contribution is -0.140. The van der Waals surface area contributed by atoms with Crippen molar-refractivity contribution in [2.24, 2.45) is 0 Å². The first-order valence-corrected chi connectivity index (χ1v) is 16.1. The Morgan fingerprint density at radius 3 is 2.28 bits per heavy atom. The minimum absolute atomic E-state index is 0.0445. The highest BCUT2D eigenvalue weighted by Crippen LogP contribution is 2.33. The number of hydrogen-bond acceptors (Lipinski definition) is 6. The summed E-state index contributed by atoms with van der Waals surface area (Å²) >= 11 is 6.04. The molecule has 0 radical (unpaired) electrons. The molecule has 0 saturated heterocycles. The lowest BCUT2D eigenvalue weighted by Gasteiger charge is -2.34. The van der Waals surface area contributed by atoms with E-state index in [-0.39, 0.29) is 35.7 Å². The van der Waals surface area contributed by atoms with Gasteiger partial charge in [0.15, 0.2) is 0 Å². The SMILES string of the molecule is CCOc1ccccc1N(CC(=O)N(Cc1cccc(OC)c1)[C@H](CC)C(=O)N[C@@H](C)CC)S(=O)(=O)c1ccc(Cl)cc1. The van der Waals surface area contributed by atoms with E-state index >= 15 is 0 Å². The molecular weight excluding hydrogens is 590 g/mol. The van der Waals surface area contributed by atoms with Crippen LogP contribution >= 0.6 is 11.6 Å². The van der Waals surface area contributed by atoms with Crippen LogP contribution in [0.2, 0.25) is 5.02 Å². The number of nitrogens with one attached hydrogen (secondary N) is 1. The molecule has 0 fully saturated rings. The summed E-state index contributed by atoms with van der Waals surface area (Å²) in [6.45, 7) is 7.23. The molecule has 2 amide bonds. The van der Waals surface area contributed by atoms with E-state index < -0.39 is 28.5 Å². The second-order valence-electron chi connectivity index (χ2n) is 9.98. The highest BCUT2D eigenvalue weighted by Gasteiger charge is 2.35. The zero-order chi connectivity index (χ0) is 31.6. The molecule has 0 aliphatic heterocycles. The summed E-state index contributed by atoms with van der Waals surface area (Å²) in [6.07, 6.45) is 1.03. The Morgan fingerprint density at radius 1 is 0.953 bits per heavy atom. The van der Waals surface area contributed by atoms with Gasteiger partial charge in [0.2, 0.25) is 11.8 Å². The molecule has 3 rings (SSSR count). The van der Waals surface area contributed by atoms with Crippen LogP contribution in [0.3, 0.4) is 0 Å². The number of para-hydroxylation sites is 2. The Labute approximate surface area is 259 Å². The number of benzene rings is 3. The molecule has 0 saturated carbocycles. The van der Waals surface area contributed by atoms with Crippen molar-refractivity contribution in [3.8, 4) is 11.5 Å². The molecule has 1 N–H and O–H groups in total. The molecule has 11 heteroatoms. The Kier molecular flexibility index (Phi) is 12.3. The van der Waals surface area contributed by atoms with Crippen molar-refractivity contribution >= 4 is 39.1 Å². The maximum absolute atomic E-state index is 14.3. The van der Waals surface area contributed by atoms with E-state index in [1.807, 2.05) is 26.8 Å². The number of methoxy groups -OCH3 is 1. The van der Waals surface area contributed by atoms with Gasteiger partial charge in [-0.25, -0.2) is 8.42 Å². The van der Waals surface area contributed by atoms with Gasteiger partial charge in [-0.2, -0.15) is 0 Å². The minimum Gasteiger partial charge on any atom is -0.497 e. The molecule has 3 aromatic rings. The van der Waals surface area contributed by atoms with Crippen LogP contribution in [0.4, 0.5) is 5.69 Å². The fourth-order valence-corrected chi connectivity index (χ4v) is 6.07. The summed E-state index contributed by atoms with van der Waals surface area (Å²) in [4.78, 5) is 29.1. The molecule has 0 aliphatic carbocycles. The number of halogens is 1. The van der Waals surface area contributed by atoms with Gasteiger partial charge in [0, 0.05) is 17.6 Å². The molecule has 232 valence electrons. The summed E-state index contributed by atoms with van der Waals surface area (Å²) in [5.41, 5.74) is 0.926. The number of hydrogen-bond donors (Lipinski definition) is 1. The van der Waals surface area contributed by atoms with Gasteiger partial charge in [-0.15, -0.1) is 0 Å². The summed E-state index contributed by atoms with van der Waals surface area (Å²) in [7, 11) is -2.73. The zero-order valence-corrected chi connectivity index (χ0v) is 26.8. The highest BCUT2D eigenvalue weighted by atomic mass is 35.5. The molecule has 0 spiro atoms. The number of carbonyl (C=O) groups excluding carboxylic acids is 2. The first kappa shape index (κ1) is 33.7. The zero-order valence-electron chi connectivity index (χ0n) is 25.2. The van der Waals surface area contributed by atoms with Gasteiger partial charge in [-0.1, -0.05) is 49.7 Å². The van der Waals surface area contributed by atoms with Crippen molar-refractivity contribution < 1.29 is 27.5 Å². The standard InChI is InChI=1S/C32H40ClN3O6S/c1-6-23(4)34-32(38)28(7-2)35(21-24-12-11-13-26(20-24)41-5)31(37)22-36(29-14-9-10-15-30(29)42-8-3)43(39,40)27-18-16-25(33)17-19-27/h9-20,23,28H,6-8,21-22H2,1-5H3,(H,34,38)/t23-,28+/m0/s1.